The van der Waals surface area contributed by atoms with E-state index < -0.39 is 0 Å². The molecule has 0 aromatic carbocycles. The van der Waals surface area contributed by atoms with Crippen LogP contribution < -0.4 is 10.5 Å². The van der Waals surface area contributed by atoms with Gasteiger partial charge in [-0.05, 0) is 79.6 Å². The average molecular weight is 531 g/mol. The first-order valence-corrected chi connectivity index (χ1v) is 13.4. The molecule has 3 aliphatic rings. The highest BCUT2D eigenvalue weighted by Gasteiger charge is 2.38. The van der Waals surface area contributed by atoms with Crippen LogP contribution in [0.2, 0.25) is 0 Å². The molecular formula is C29H39FN2O4S. The molecular weight excluding hydrogens is 491 g/mol. The van der Waals surface area contributed by atoms with Crippen molar-refractivity contribution in [1.29, 1.82) is 0 Å². The number of ether oxygens (including phenoxy) is 2. The Morgan fingerprint density at radius 3 is 2.38 bits per heavy atom. The number of hydrogen-bond acceptors (Lipinski definition) is 6. The zero-order chi connectivity index (χ0) is 27.7. The monoisotopic (exact) mass is 530 g/mol. The Morgan fingerprint density at radius 1 is 1.14 bits per heavy atom. The normalized spacial score (nSPS) is 20.1. The summed E-state index contributed by atoms with van der Waals surface area (Å²) in [5.74, 6) is 1.27. The van der Waals surface area contributed by atoms with E-state index in [2.05, 4.69) is 15.3 Å². The lowest BCUT2D eigenvalue weighted by atomic mass is 9.94. The second kappa shape index (κ2) is 14.0. The number of ketones is 1. The molecule has 0 amide bonds. The third kappa shape index (κ3) is 6.60. The zero-order valence-corrected chi connectivity index (χ0v) is 24.0. The van der Waals surface area contributed by atoms with Gasteiger partial charge in [0.15, 0.2) is 5.76 Å². The number of hydrogen-bond donors (Lipinski definition) is 1. The van der Waals surface area contributed by atoms with Crippen molar-refractivity contribution < 1.29 is 18.7 Å². The second-order valence-corrected chi connectivity index (χ2v) is 9.27. The minimum absolute atomic E-state index is 0.203. The molecule has 1 aromatic heterocycles. The summed E-state index contributed by atoms with van der Waals surface area (Å²) < 4.78 is 23.2. The van der Waals surface area contributed by atoms with Gasteiger partial charge in [-0.3, -0.25) is 18.4 Å². The standard InChI is InChI=1S/C26H30N2O4S.C2H6.CH3F/c1-6-17-14-28(19-9-10-19)26-23(25(30)27-33-26)24(29)20(17)13-15(2)16(3)18-7-11-21(31-4)22(32-5)12-8-18;2*1-2/h6-8,11,13,19H,9-10,12,14H2,1-5H3,(H,27,30);1-2H3;1H3/b16-15+,17-6-,20-13+;;. The highest BCUT2D eigenvalue weighted by atomic mass is 32.1. The van der Waals surface area contributed by atoms with Crippen molar-refractivity contribution in [2.24, 2.45) is 0 Å². The van der Waals surface area contributed by atoms with Crippen molar-refractivity contribution in [2.45, 2.75) is 59.9 Å². The summed E-state index contributed by atoms with van der Waals surface area (Å²) in [7, 11) is 3.77. The number of fused-ring (bicyclic) bond motifs is 1. The fourth-order valence-electron chi connectivity index (χ4n) is 4.23. The van der Waals surface area contributed by atoms with E-state index in [9.17, 15) is 14.0 Å². The highest BCUT2D eigenvalue weighted by molar-refractivity contribution is 7.10. The molecule has 0 atom stereocenters. The predicted octanol–water partition coefficient (Wildman–Crippen LogP) is 6.81. The second-order valence-electron chi connectivity index (χ2n) is 8.47. The summed E-state index contributed by atoms with van der Waals surface area (Å²) in [5.41, 5.74) is 4.59. The van der Waals surface area contributed by atoms with E-state index in [0.717, 1.165) is 45.9 Å². The van der Waals surface area contributed by atoms with Crippen molar-refractivity contribution in [2.75, 3.05) is 32.8 Å². The number of carbonyl (C=O) groups is 1. The third-order valence-electron chi connectivity index (χ3n) is 6.48. The van der Waals surface area contributed by atoms with Crippen LogP contribution in [0.25, 0.3) is 0 Å². The number of H-pyrrole nitrogens is 1. The van der Waals surface area contributed by atoms with E-state index in [0.29, 0.717) is 37.5 Å². The van der Waals surface area contributed by atoms with Crippen LogP contribution in [0.5, 0.6) is 0 Å². The Labute approximate surface area is 223 Å². The van der Waals surface area contributed by atoms with E-state index in [1.807, 2.05) is 58.9 Å². The number of rotatable bonds is 5. The molecule has 8 heteroatoms. The van der Waals surface area contributed by atoms with Crippen LogP contribution in [0.3, 0.4) is 0 Å². The van der Waals surface area contributed by atoms with Gasteiger partial charge in [0.1, 0.15) is 16.3 Å². The molecule has 0 radical (unpaired) electrons. The number of Topliss-reactive ketones (excluding diaryl/α,β-unsaturated/α-hetero) is 1. The third-order valence-corrected chi connectivity index (χ3v) is 7.40. The maximum absolute atomic E-state index is 13.6. The number of aromatic nitrogens is 1. The number of methoxy groups -OCH3 is 2. The van der Waals surface area contributed by atoms with Crippen molar-refractivity contribution in [3.63, 3.8) is 0 Å². The minimum atomic E-state index is -0.299. The molecule has 0 spiro atoms. The first kappa shape index (κ1) is 30.1. The average Bonchev–Trinajstić information content (AvgIpc) is 3.74. The fraction of sp³-hybridized carbons (Fsp3) is 0.448. The maximum atomic E-state index is 13.6. The van der Waals surface area contributed by atoms with E-state index in [-0.39, 0.29) is 16.9 Å². The molecule has 37 heavy (non-hydrogen) atoms. The van der Waals surface area contributed by atoms with Gasteiger partial charge < -0.3 is 14.4 Å². The summed E-state index contributed by atoms with van der Waals surface area (Å²) in [4.78, 5) is 28.4. The van der Waals surface area contributed by atoms with Crippen LogP contribution in [-0.2, 0) is 9.47 Å². The van der Waals surface area contributed by atoms with Crippen LogP contribution in [0.4, 0.5) is 9.39 Å². The number of carbonyl (C=O) groups excluding carboxylic acids is 1. The van der Waals surface area contributed by atoms with E-state index >= 15 is 0 Å². The summed E-state index contributed by atoms with van der Waals surface area (Å²) in [6.45, 7) is 10.6. The van der Waals surface area contributed by atoms with Crippen LogP contribution in [0, 0.1) is 0 Å². The molecule has 0 bridgehead atoms. The lowest BCUT2D eigenvalue weighted by Crippen LogP contribution is -2.27. The van der Waals surface area contributed by atoms with Gasteiger partial charge in [0, 0.05) is 24.6 Å². The summed E-state index contributed by atoms with van der Waals surface area (Å²) in [5, 5.41) is 0.772. The van der Waals surface area contributed by atoms with Crippen LogP contribution in [0.1, 0.15) is 64.2 Å². The van der Waals surface area contributed by atoms with Crippen LogP contribution >= 0.6 is 11.5 Å². The van der Waals surface area contributed by atoms with Gasteiger partial charge in [0.2, 0.25) is 5.78 Å². The van der Waals surface area contributed by atoms with Crippen molar-refractivity contribution in [1.82, 2.24) is 4.37 Å². The first-order chi connectivity index (χ1) is 17.9. The van der Waals surface area contributed by atoms with Gasteiger partial charge in [0.25, 0.3) is 5.56 Å². The Kier molecular flexibility index (Phi) is 11.4. The number of halogens is 1. The van der Waals surface area contributed by atoms with Crippen molar-refractivity contribution >= 4 is 22.3 Å². The summed E-state index contributed by atoms with van der Waals surface area (Å²) in [6.07, 6.45) is 12.7. The van der Waals surface area contributed by atoms with E-state index in [4.69, 9.17) is 9.47 Å². The molecule has 2 aliphatic carbocycles. The maximum Gasteiger partial charge on any atom is 0.271 e. The van der Waals surface area contributed by atoms with E-state index in [1.165, 1.54) is 11.5 Å². The zero-order valence-electron chi connectivity index (χ0n) is 23.2. The Bertz CT molecular complexity index is 1220. The molecule has 1 N–H and O–H groups in total. The quantitative estimate of drug-likeness (QED) is 0.423. The van der Waals surface area contributed by atoms with Gasteiger partial charge in [-0.25, -0.2) is 0 Å². The SMILES string of the molecule is C/C=C1/CN(C2CC2)c2s[nH]c(=O)c2C(=O)/C1=C/C(C)=C(\C)C1=CCC(OC)=C(OC)C=C1.CC.CF. The number of alkyl halides is 1. The first-order valence-electron chi connectivity index (χ1n) is 12.5. The summed E-state index contributed by atoms with van der Waals surface area (Å²) in [6, 6.07) is 0.398. The Hall–Kier alpha value is -3.13. The molecule has 1 aromatic rings. The van der Waals surface area contributed by atoms with Gasteiger partial charge >= 0.3 is 0 Å². The molecule has 1 aliphatic heterocycles. The van der Waals surface area contributed by atoms with E-state index in [1.54, 1.807) is 14.2 Å². The highest BCUT2D eigenvalue weighted by Crippen LogP contribution is 2.40. The lowest BCUT2D eigenvalue weighted by Gasteiger charge is -2.22. The number of anilines is 1. The Morgan fingerprint density at radius 2 is 1.81 bits per heavy atom. The number of allylic oxidation sites excluding steroid dienone is 8. The topological polar surface area (TPSA) is 71.6 Å². The van der Waals surface area contributed by atoms with Gasteiger partial charge in [-0.2, -0.15) is 0 Å². The van der Waals surface area contributed by atoms with Crippen LogP contribution in [0.15, 0.2) is 74.6 Å². The molecule has 202 valence electrons. The largest absolute Gasteiger partial charge is 0.497 e. The van der Waals surface area contributed by atoms with Gasteiger partial charge in [-0.15, -0.1) is 0 Å². The summed E-state index contributed by atoms with van der Waals surface area (Å²) >= 11 is 1.27. The molecule has 2 heterocycles. The number of nitrogens with one attached hydrogen (secondary N) is 1. The lowest BCUT2D eigenvalue weighted by molar-refractivity contribution is 0.103. The Balaban J connectivity index is 0.00000115. The predicted molar refractivity (Wildman–Crippen MR) is 151 cm³/mol. The number of aromatic amines is 1. The molecule has 6 nitrogen and oxygen atoms in total. The molecule has 1 fully saturated rings. The molecule has 4 rings (SSSR count). The smallest absolute Gasteiger partial charge is 0.271 e. The van der Waals surface area contributed by atoms with Crippen LogP contribution in [-0.4, -0.2) is 44.1 Å². The van der Waals surface area contributed by atoms with Gasteiger partial charge in [0.05, 0.1) is 21.4 Å². The number of nitrogens with zero attached hydrogens (tertiary/aromatic N) is 1. The molecule has 1 saturated carbocycles. The van der Waals surface area contributed by atoms with Crippen molar-refractivity contribution in [3.8, 4) is 0 Å². The fourth-order valence-corrected chi connectivity index (χ4v) is 5.14. The van der Waals surface area contributed by atoms with Crippen molar-refractivity contribution in [3.05, 3.63) is 85.7 Å². The minimum Gasteiger partial charge on any atom is -0.497 e. The van der Waals surface area contributed by atoms with Gasteiger partial charge in [-0.1, -0.05) is 32.1 Å². The molecule has 0 unspecified atom stereocenters. The molecule has 0 saturated heterocycles.